The first-order valence-electron chi connectivity index (χ1n) is 13.9. The molecular formula is C31H36ClNO9. The highest BCUT2D eigenvalue weighted by atomic mass is 35.5. The van der Waals surface area contributed by atoms with Gasteiger partial charge in [0.2, 0.25) is 0 Å². The fourth-order valence-electron chi connectivity index (χ4n) is 5.15. The van der Waals surface area contributed by atoms with Gasteiger partial charge in [0.05, 0.1) is 33.0 Å². The number of aliphatic hydroxyl groups is 3. The Balaban J connectivity index is 1.39. The van der Waals surface area contributed by atoms with Crippen LogP contribution in [0.3, 0.4) is 0 Å². The topological polar surface area (TPSA) is 128 Å². The van der Waals surface area contributed by atoms with E-state index in [9.17, 15) is 5.11 Å². The largest absolute Gasteiger partial charge is 0.448 e. The van der Waals surface area contributed by atoms with Crippen molar-refractivity contribution in [2.24, 2.45) is 0 Å². The Bertz CT molecular complexity index is 1270. The number of rotatable bonds is 15. The molecule has 0 spiro atoms. The maximum Gasteiger partial charge on any atom is 0.264 e. The molecule has 4 N–H and O–H groups in total. The van der Waals surface area contributed by atoms with Gasteiger partial charge >= 0.3 is 0 Å². The highest BCUT2D eigenvalue weighted by Crippen LogP contribution is 2.42. The molecule has 0 bridgehead atoms. The first-order valence-corrected chi connectivity index (χ1v) is 14.3. The predicted octanol–water partition coefficient (Wildman–Crippen LogP) is 3.35. The third kappa shape index (κ3) is 7.09. The highest BCUT2D eigenvalue weighted by Gasteiger charge is 2.31. The highest BCUT2D eigenvalue weighted by molar-refractivity contribution is 6.31. The fraction of sp³-hybridized carbons (Fsp3) is 0.419. The Kier molecular flexibility index (Phi) is 10.4. The standard InChI is InChI=1S/C31H36ClNO9/c1-19(33-15-23-22(16-36)3-2-4-24(23)32)31(20-5-7-25-27(13-20)41-29(39-25)17-37-11-9-34)21-6-8-26-28(14-21)42-30(40-26)18-38-12-10-35/h2-8,13-14,19,29-31,33-36H,9-12,15-18H2,1H3. The van der Waals surface area contributed by atoms with Crippen LogP contribution in [-0.2, 0) is 22.6 Å². The number of fused-ring (bicyclic) bond motifs is 2. The maximum absolute atomic E-state index is 9.85. The molecular weight excluding hydrogens is 566 g/mol. The summed E-state index contributed by atoms with van der Waals surface area (Å²) in [6.07, 6.45) is -1.19. The molecule has 3 aromatic rings. The van der Waals surface area contributed by atoms with Gasteiger partial charge in [0, 0.05) is 23.5 Å². The summed E-state index contributed by atoms with van der Waals surface area (Å²) < 4.78 is 34.5. The van der Waals surface area contributed by atoms with Gasteiger partial charge in [-0.1, -0.05) is 35.9 Å². The Labute approximate surface area is 249 Å². The van der Waals surface area contributed by atoms with Gasteiger partial charge in [0.15, 0.2) is 23.0 Å². The summed E-state index contributed by atoms with van der Waals surface area (Å²) in [5.74, 6) is 2.31. The van der Waals surface area contributed by atoms with Crippen LogP contribution >= 0.6 is 11.6 Å². The van der Waals surface area contributed by atoms with Gasteiger partial charge in [-0.15, -0.1) is 0 Å². The summed E-state index contributed by atoms with van der Waals surface area (Å²) >= 11 is 6.49. The van der Waals surface area contributed by atoms with E-state index in [1.165, 1.54) is 0 Å². The Morgan fingerprint density at radius 2 is 1.33 bits per heavy atom. The molecule has 0 fully saturated rings. The van der Waals surface area contributed by atoms with Crippen LogP contribution in [0.4, 0.5) is 0 Å². The molecule has 0 aromatic heterocycles. The second-order valence-corrected chi connectivity index (χ2v) is 10.4. The molecule has 226 valence electrons. The minimum absolute atomic E-state index is 0.0731. The molecule has 11 heteroatoms. The molecule has 2 heterocycles. The number of hydrogen-bond donors (Lipinski definition) is 4. The molecule has 5 rings (SSSR count). The molecule has 0 radical (unpaired) electrons. The fourth-order valence-corrected chi connectivity index (χ4v) is 5.42. The van der Waals surface area contributed by atoms with Crippen LogP contribution in [0.25, 0.3) is 0 Å². The van der Waals surface area contributed by atoms with Crippen molar-refractivity contribution in [3.05, 3.63) is 81.9 Å². The van der Waals surface area contributed by atoms with Crippen LogP contribution < -0.4 is 24.3 Å². The predicted molar refractivity (Wildman–Crippen MR) is 154 cm³/mol. The number of benzene rings is 3. The van der Waals surface area contributed by atoms with Gasteiger partial charge in [0.25, 0.3) is 12.6 Å². The van der Waals surface area contributed by atoms with Crippen molar-refractivity contribution in [2.75, 3.05) is 39.6 Å². The molecule has 10 nitrogen and oxygen atoms in total. The van der Waals surface area contributed by atoms with Crippen LogP contribution in [0.15, 0.2) is 54.6 Å². The molecule has 2 aliphatic rings. The molecule has 3 aromatic carbocycles. The second kappa shape index (κ2) is 14.4. The van der Waals surface area contributed by atoms with Crippen molar-refractivity contribution in [3.63, 3.8) is 0 Å². The van der Waals surface area contributed by atoms with Crippen molar-refractivity contribution in [3.8, 4) is 23.0 Å². The Hall–Kier alpha value is -3.09. The second-order valence-electron chi connectivity index (χ2n) is 10.0. The van der Waals surface area contributed by atoms with Gasteiger partial charge in [-0.05, 0) is 59.5 Å². The van der Waals surface area contributed by atoms with Crippen LogP contribution in [0, 0.1) is 0 Å². The zero-order valence-corrected chi connectivity index (χ0v) is 24.1. The van der Waals surface area contributed by atoms with Crippen LogP contribution in [0.5, 0.6) is 23.0 Å². The van der Waals surface area contributed by atoms with Crippen molar-refractivity contribution < 1.29 is 43.7 Å². The molecule has 2 aliphatic heterocycles. The van der Waals surface area contributed by atoms with Crippen LogP contribution in [0.1, 0.15) is 35.1 Å². The van der Waals surface area contributed by atoms with Gasteiger partial charge in [-0.2, -0.15) is 0 Å². The van der Waals surface area contributed by atoms with Crippen molar-refractivity contribution in [1.82, 2.24) is 5.32 Å². The van der Waals surface area contributed by atoms with Gasteiger partial charge in [-0.25, -0.2) is 0 Å². The molecule has 0 saturated heterocycles. The van der Waals surface area contributed by atoms with E-state index in [0.717, 1.165) is 22.3 Å². The molecule has 42 heavy (non-hydrogen) atoms. The lowest BCUT2D eigenvalue weighted by Crippen LogP contribution is -2.33. The molecule has 3 unspecified atom stereocenters. The summed E-state index contributed by atoms with van der Waals surface area (Å²) in [5.41, 5.74) is 3.59. The average molecular weight is 602 g/mol. The minimum atomic E-state index is -0.594. The summed E-state index contributed by atoms with van der Waals surface area (Å²) in [7, 11) is 0. The van der Waals surface area contributed by atoms with Crippen LogP contribution in [0.2, 0.25) is 5.02 Å². The van der Waals surface area contributed by atoms with Crippen molar-refractivity contribution >= 4 is 11.6 Å². The van der Waals surface area contributed by atoms with E-state index in [4.69, 9.17) is 50.2 Å². The third-order valence-electron chi connectivity index (χ3n) is 7.15. The number of nitrogens with one attached hydrogen (secondary N) is 1. The SMILES string of the molecule is CC(NCc1c(Cl)cccc1CO)C(c1ccc2c(c1)OC(COCCO)O2)c1ccc2c(c1)OC(COCCO)O2. The lowest BCUT2D eigenvalue weighted by atomic mass is 9.85. The van der Waals surface area contributed by atoms with E-state index in [1.54, 1.807) is 0 Å². The summed E-state index contributed by atoms with van der Waals surface area (Å²) in [4.78, 5) is 0. The Morgan fingerprint density at radius 3 is 1.86 bits per heavy atom. The molecule has 0 aliphatic carbocycles. The quantitative estimate of drug-likeness (QED) is 0.193. The first kappa shape index (κ1) is 30.4. The zero-order chi connectivity index (χ0) is 29.5. The minimum Gasteiger partial charge on any atom is -0.448 e. The Morgan fingerprint density at radius 1 is 0.786 bits per heavy atom. The normalized spacial score (nSPS) is 18.3. The maximum atomic E-state index is 9.85. The van der Waals surface area contributed by atoms with E-state index in [0.29, 0.717) is 34.6 Å². The number of halogens is 1. The van der Waals surface area contributed by atoms with E-state index in [-0.39, 0.29) is 58.2 Å². The third-order valence-corrected chi connectivity index (χ3v) is 7.51. The smallest absolute Gasteiger partial charge is 0.264 e. The molecule has 3 atom stereocenters. The summed E-state index contributed by atoms with van der Waals surface area (Å²) in [6.45, 7) is 3.10. The number of ether oxygens (including phenoxy) is 6. The molecule has 0 amide bonds. The van der Waals surface area contributed by atoms with Gasteiger partial charge in [-0.3, -0.25) is 0 Å². The van der Waals surface area contributed by atoms with E-state index >= 15 is 0 Å². The number of hydrogen-bond acceptors (Lipinski definition) is 10. The van der Waals surface area contributed by atoms with E-state index in [1.807, 2.05) is 54.6 Å². The number of aliphatic hydroxyl groups excluding tert-OH is 3. The lowest BCUT2D eigenvalue weighted by Gasteiger charge is -2.27. The summed E-state index contributed by atoms with van der Waals surface area (Å²) in [6, 6.07) is 17.1. The average Bonchev–Trinajstić information content (AvgIpc) is 3.59. The van der Waals surface area contributed by atoms with Gasteiger partial charge < -0.3 is 49.1 Å². The van der Waals surface area contributed by atoms with Crippen LogP contribution in [-0.4, -0.2) is 73.6 Å². The first-order chi connectivity index (χ1) is 20.5. The van der Waals surface area contributed by atoms with E-state index in [2.05, 4.69) is 12.2 Å². The van der Waals surface area contributed by atoms with Crippen molar-refractivity contribution in [1.29, 1.82) is 0 Å². The van der Waals surface area contributed by atoms with Gasteiger partial charge in [0.1, 0.15) is 13.2 Å². The summed E-state index contributed by atoms with van der Waals surface area (Å²) in [5, 5.41) is 32.0. The molecule has 0 saturated carbocycles. The zero-order valence-electron chi connectivity index (χ0n) is 23.3. The lowest BCUT2D eigenvalue weighted by molar-refractivity contribution is -0.0397. The monoisotopic (exact) mass is 601 g/mol. The van der Waals surface area contributed by atoms with Crippen molar-refractivity contribution in [2.45, 2.75) is 44.6 Å². The van der Waals surface area contributed by atoms with E-state index < -0.39 is 12.6 Å².